The number of hydrogen-bond acceptors (Lipinski definition) is 3. The maximum Gasteiger partial charge on any atom is 0.331 e. The predicted molar refractivity (Wildman–Crippen MR) is 84.0 cm³/mol. The molecule has 1 amide bonds. The zero-order chi connectivity index (χ0) is 14.7. The summed E-state index contributed by atoms with van der Waals surface area (Å²) in [5.74, 6) is -1.53. The van der Waals surface area contributed by atoms with Crippen LogP contribution in [-0.4, -0.2) is 17.0 Å². The Kier molecular flexibility index (Phi) is 4.95. The average molecular weight is 419 g/mol. The number of amides is 1. The van der Waals surface area contributed by atoms with Crippen LogP contribution in [0.3, 0.4) is 0 Å². The van der Waals surface area contributed by atoms with E-state index in [2.05, 4.69) is 37.2 Å². The summed E-state index contributed by atoms with van der Waals surface area (Å²) in [6.45, 7) is 0. The minimum absolute atomic E-state index is 0.383. The number of aliphatic carboxylic acids is 1. The lowest BCUT2D eigenvalue weighted by Gasteiger charge is -2.13. The Morgan fingerprint density at radius 3 is 2.35 bits per heavy atom. The highest BCUT2D eigenvalue weighted by Crippen LogP contribution is 2.22. The van der Waals surface area contributed by atoms with E-state index in [-0.39, 0.29) is 0 Å². The van der Waals surface area contributed by atoms with Crippen LogP contribution in [0, 0.1) is 0 Å². The molecule has 1 heterocycles. The molecule has 0 spiro atoms. The summed E-state index contributed by atoms with van der Waals surface area (Å²) in [5, 5.41) is 13.5. The Hall–Kier alpha value is -1.18. The van der Waals surface area contributed by atoms with E-state index >= 15 is 0 Å². The smallest absolute Gasteiger partial charge is 0.331 e. The quantitative estimate of drug-likeness (QED) is 0.792. The van der Waals surface area contributed by atoms with E-state index in [1.807, 2.05) is 0 Å². The number of carboxylic acid groups (broad SMARTS) is 1. The third-order valence-corrected chi connectivity index (χ3v) is 4.33. The fourth-order valence-electron chi connectivity index (χ4n) is 1.61. The molecule has 1 aromatic heterocycles. The van der Waals surface area contributed by atoms with Crippen molar-refractivity contribution in [2.24, 2.45) is 0 Å². The largest absolute Gasteiger partial charge is 0.479 e. The van der Waals surface area contributed by atoms with Gasteiger partial charge in [0.25, 0.3) is 5.91 Å². The van der Waals surface area contributed by atoms with Gasteiger partial charge in [0, 0.05) is 19.4 Å². The number of rotatable bonds is 4. The second-order valence-electron chi connectivity index (χ2n) is 3.92. The van der Waals surface area contributed by atoms with E-state index in [1.165, 1.54) is 11.3 Å². The third-order valence-electron chi connectivity index (χ3n) is 2.47. The summed E-state index contributed by atoms with van der Waals surface area (Å²) in [7, 11) is 0. The number of nitrogens with one attached hydrogen (secondary N) is 1. The minimum Gasteiger partial charge on any atom is -0.479 e. The zero-order valence-corrected chi connectivity index (χ0v) is 14.0. The van der Waals surface area contributed by atoms with E-state index < -0.39 is 17.9 Å². The lowest BCUT2D eigenvalue weighted by molar-refractivity contribution is -0.139. The average Bonchev–Trinajstić information content (AvgIpc) is 2.87. The van der Waals surface area contributed by atoms with Gasteiger partial charge in [-0.25, -0.2) is 4.79 Å². The first-order valence-corrected chi connectivity index (χ1v) is 7.97. The second-order valence-corrected chi connectivity index (χ2v) is 6.73. The van der Waals surface area contributed by atoms with Crippen molar-refractivity contribution in [1.82, 2.24) is 5.32 Å². The Morgan fingerprint density at radius 1 is 1.20 bits per heavy atom. The van der Waals surface area contributed by atoms with Crippen LogP contribution in [0.25, 0.3) is 0 Å². The maximum absolute atomic E-state index is 12.1. The van der Waals surface area contributed by atoms with Crippen LogP contribution in [0.5, 0.6) is 0 Å². The van der Waals surface area contributed by atoms with Gasteiger partial charge >= 0.3 is 5.97 Å². The number of benzene rings is 1. The summed E-state index contributed by atoms with van der Waals surface area (Å²) < 4.78 is 1.47. The van der Waals surface area contributed by atoms with Crippen molar-refractivity contribution in [1.29, 1.82) is 0 Å². The van der Waals surface area contributed by atoms with Crippen molar-refractivity contribution in [3.63, 3.8) is 0 Å². The Morgan fingerprint density at radius 2 is 1.85 bits per heavy atom. The van der Waals surface area contributed by atoms with Gasteiger partial charge in [0.1, 0.15) is 0 Å². The molecule has 2 rings (SSSR count). The van der Waals surface area contributed by atoms with E-state index in [4.69, 9.17) is 0 Å². The Labute approximate surface area is 136 Å². The molecule has 0 fully saturated rings. The standard InChI is InChI=1S/C13H9Br2NO3S/c14-8-4-7(5-9(15)6-8)12(17)16-11(13(18)19)10-2-1-3-20-10/h1-6,11H,(H,16,17)(H,18,19). The van der Waals surface area contributed by atoms with E-state index in [0.717, 1.165) is 8.95 Å². The fraction of sp³-hybridized carbons (Fsp3) is 0.0769. The number of carbonyl (C=O) groups excluding carboxylic acids is 1. The molecule has 7 heteroatoms. The lowest BCUT2D eigenvalue weighted by Crippen LogP contribution is -2.33. The summed E-state index contributed by atoms with van der Waals surface area (Å²) in [4.78, 5) is 24.0. The molecule has 0 saturated heterocycles. The molecule has 1 unspecified atom stereocenters. The third kappa shape index (κ3) is 3.68. The van der Waals surface area contributed by atoms with Crippen molar-refractivity contribution in [2.75, 3.05) is 0 Å². The summed E-state index contributed by atoms with van der Waals surface area (Å²) in [6.07, 6.45) is 0. The Bertz CT molecular complexity index is 623. The molecule has 104 valence electrons. The van der Waals surface area contributed by atoms with Crippen LogP contribution in [0.15, 0.2) is 44.7 Å². The van der Waals surface area contributed by atoms with Crippen molar-refractivity contribution in [3.05, 3.63) is 55.1 Å². The molecule has 1 atom stereocenters. The number of hydrogen-bond donors (Lipinski definition) is 2. The monoisotopic (exact) mass is 417 g/mol. The highest BCUT2D eigenvalue weighted by molar-refractivity contribution is 9.11. The number of carbonyl (C=O) groups is 2. The lowest BCUT2D eigenvalue weighted by atomic mass is 10.2. The van der Waals surface area contributed by atoms with Crippen LogP contribution in [0.1, 0.15) is 21.3 Å². The summed E-state index contributed by atoms with van der Waals surface area (Å²) in [6, 6.07) is 7.45. The molecule has 4 nitrogen and oxygen atoms in total. The van der Waals surface area contributed by atoms with Crippen LogP contribution >= 0.6 is 43.2 Å². The molecule has 0 radical (unpaired) electrons. The SMILES string of the molecule is O=C(NC(C(=O)O)c1cccs1)c1cc(Br)cc(Br)c1. The predicted octanol–water partition coefficient (Wildman–Crippen LogP) is 3.83. The van der Waals surface area contributed by atoms with Gasteiger partial charge in [-0.15, -0.1) is 11.3 Å². The molecule has 0 aliphatic carbocycles. The van der Waals surface area contributed by atoms with E-state index in [1.54, 1.807) is 35.7 Å². The van der Waals surface area contributed by atoms with Gasteiger partial charge in [0.05, 0.1) is 0 Å². The molecule has 2 aromatic rings. The molecule has 0 aliphatic rings. The van der Waals surface area contributed by atoms with Crippen molar-refractivity contribution in [3.8, 4) is 0 Å². The zero-order valence-electron chi connectivity index (χ0n) is 9.97. The van der Waals surface area contributed by atoms with Gasteiger partial charge in [-0.1, -0.05) is 37.9 Å². The fourth-order valence-corrected chi connectivity index (χ4v) is 3.67. The molecule has 0 saturated carbocycles. The topological polar surface area (TPSA) is 66.4 Å². The maximum atomic E-state index is 12.1. The van der Waals surface area contributed by atoms with Crippen LogP contribution in [-0.2, 0) is 4.79 Å². The molecule has 20 heavy (non-hydrogen) atoms. The van der Waals surface area contributed by atoms with Crippen molar-refractivity contribution < 1.29 is 14.7 Å². The molecule has 0 aliphatic heterocycles. The summed E-state index contributed by atoms with van der Waals surface area (Å²) >= 11 is 7.87. The van der Waals surface area contributed by atoms with E-state index in [9.17, 15) is 14.7 Å². The number of carboxylic acids is 1. The highest BCUT2D eigenvalue weighted by atomic mass is 79.9. The van der Waals surface area contributed by atoms with Crippen molar-refractivity contribution >= 4 is 55.1 Å². The van der Waals surface area contributed by atoms with Gasteiger partial charge in [0.2, 0.25) is 0 Å². The number of thiophene rings is 1. The molecule has 0 bridgehead atoms. The highest BCUT2D eigenvalue weighted by Gasteiger charge is 2.23. The molecular weight excluding hydrogens is 410 g/mol. The normalized spacial score (nSPS) is 11.9. The second kappa shape index (κ2) is 6.51. The van der Waals surface area contributed by atoms with Gasteiger partial charge in [-0.3, -0.25) is 4.79 Å². The van der Waals surface area contributed by atoms with Crippen LogP contribution in [0.2, 0.25) is 0 Å². The van der Waals surface area contributed by atoms with E-state index in [0.29, 0.717) is 10.4 Å². The van der Waals surface area contributed by atoms with Gasteiger partial charge < -0.3 is 10.4 Å². The van der Waals surface area contributed by atoms with Crippen LogP contribution in [0.4, 0.5) is 0 Å². The Balaban J connectivity index is 2.23. The first-order chi connectivity index (χ1) is 9.47. The minimum atomic E-state index is -1.09. The first-order valence-electron chi connectivity index (χ1n) is 5.50. The molecule has 2 N–H and O–H groups in total. The number of halogens is 2. The molecule has 1 aromatic carbocycles. The van der Waals surface area contributed by atoms with Gasteiger partial charge in [-0.05, 0) is 29.6 Å². The van der Waals surface area contributed by atoms with Gasteiger partial charge in [0.15, 0.2) is 6.04 Å². The first kappa shape index (κ1) is 15.2. The molecular formula is C13H9Br2NO3S. The van der Waals surface area contributed by atoms with Gasteiger partial charge in [-0.2, -0.15) is 0 Å². The summed E-state index contributed by atoms with van der Waals surface area (Å²) in [5.41, 5.74) is 0.383. The van der Waals surface area contributed by atoms with Crippen LogP contribution < -0.4 is 5.32 Å². The van der Waals surface area contributed by atoms with Crippen molar-refractivity contribution in [2.45, 2.75) is 6.04 Å².